The molecule has 1 heterocycles. The number of rotatable bonds is 2. The van der Waals surface area contributed by atoms with E-state index >= 15 is 0 Å². The summed E-state index contributed by atoms with van der Waals surface area (Å²) in [7, 11) is 0. The van der Waals surface area contributed by atoms with E-state index in [1.807, 2.05) is 24.3 Å². The Morgan fingerprint density at radius 3 is 2.50 bits per heavy atom. The number of phenolic OH excluding ortho intramolecular Hbond substituents is 1. The summed E-state index contributed by atoms with van der Waals surface area (Å²) in [6.07, 6.45) is 0.977. The number of thiazole rings is 1. The van der Waals surface area contributed by atoms with Gasteiger partial charge in [0.1, 0.15) is 10.8 Å². The third kappa shape index (κ3) is 3.75. The quantitative estimate of drug-likeness (QED) is 0.533. The number of fused-ring (bicyclic) bond motifs is 1. The van der Waals surface area contributed by atoms with E-state index in [9.17, 15) is 5.11 Å². The van der Waals surface area contributed by atoms with Crippen LogP contribution in [-0.2, 0) is 26.5 Å². The third-order valence-electron chi connectivity index (χ3n) is 3.32. The zero-order chi connectivity index (χ0) is 15.0. The van der Waals surface area contributed by atoms with Gasteiger partial charge < -0.3 is 5.11 Å². The largest absolute Gasteiger partial charge is 0.507 e. The molecule has 0 atom stereocenters. The molecule has 0 bridgehead atoms. The summed E-state index contributed by atoms with van der Waals surface area (Å²) in [5.41, 5.74) is 3.27. The Kier molecular flexibility index (Phi) is 5.06. The van der Waals surface area contributed by atoms with Crippen LogP contribution in [0, 0.1) is 5.41 Å². The van der Waals surface area contributed by atoms with Crippen molar-refractivity contribution in [3.05, 3.63) is 48.0 Å². The van der Waals surface area contributed by atoms with E-state index in [0.29, 0.717) is 5.75 Å². The van der Waals surface area contributed by atoms with Gasteiger partial charge in [0.05, 0.1) is 15.8 Å². The van der Waals surface area contributed by atoms with E-state index in [2.05, 4.69) is 37.9 Å². The third-order valence-corrected chi connectivity index (χ3v) is 4.39. The van der Waals surface area contributed by atoms with Crippen LogP contribution in [0.1, 0.15) is 26.3 Å². The molecule has 0 aliphatic carbocycles. The molecule has 0 aliphatic heterocycles. The van der Waals surface area contributed by atoms with Crippen molar-refractivity contribution in [1.29, 1.82) is 0 Å². The maximum atomic E-state index is 10.2. The van der Waals surface area contributed by atoms with Crippen molar-refractivity contribution in [1.82, 2.24) is 4.98 Å². The zero-order valence-electron chi connectivity index (χ0n) is 12.9. The standard InChI is InChI=1S/C18H19NOS.Ir/c1-18(2,3)11-12-8-9-15(20)13(10-12)17-19-14-6-4-5-7-16(14)21-17;/h4-10,20H,11H2,1-3H3;. The van der Waals surface area contributed by atoms with Crippen molar-refractivity contribution in [2.24, 2.45) is 5.41 Å². The molecular weight excluding hydrogens is 470 g/mol. The number of hydrogen-bond acceptors (Lipinski definition) is 3. The molecule has 0 unspecified atom stereocenters. The van der Waals surface area contributed by atoms with Gasteiger partial charge in [0.15, 0.2) is 0 Å². The van der Waals surface area contributed by atoms with E-state index in [1.54, 1.807) is 17.4 Å². The average molecular weight is 490 g/mol. The summed E-state index contributed by atoms with van der Waals surface area (Å²) in [5, 5.41) is 11.1. The minimum Gasteiger partial charge on any atom is -0.507 e. The van der Waals surface area contributed by atoms with Crippen LogP contribution >= 0.6 is 11.3 Å². The van der Waals surface area contributed by atoms with Crippen LogP contribution in [0.4, 0.5) is 0 Å². The fourth-order valence-electron chi connectivity index (χ4n) is 2.46. The molecule has 1 radical (unpaired) electrons. The van der Waals surface area contributed by atoms with Gasteiger partial charge in [-0.25, -0.2) is 4.98 Å². The van der Waals surface area contributed by atoms with E-state index in [4.69, 9.17) is 0 Å². The van der Waals surface area contributed by atoms with Crippen LogP contribution in [-0.4, -0.2) is 10.1 Å². The first-order valence-corrected chi connectivity index (χ1v) is 7.92. The van der Waals surface area contributed by atoms with Crippen LogP contribution < -0.4 is 0 Å². The Bertz CT molecular complexity index is 756. The van der Waals surface area contributed by atoms with Crippen LogP contribution in [0.25, 0.3) is 20.8 Å². The molecule has 0 fully saturated rings. The second-order valence-corrected chi connectivity index (χ2v) is 7.61. The predicted octanol–water partition coefficient (Wildman–Crippen LogP) is 5.26. The van der Waals surface area contributed by atoms with Crippen molar-refractivity contribution in [3.63, 3.8) is 0 Å². The van der Waals surface area contributed by atoms with Gasteiger partial charge in [-0.3, -0.25) is 0 Å². The summed E-state index contributed by atoms with van der Waals surface area (Å²) in [6.45, 7) is 6.66. The van der Waals surface area contributed by atoms with Gasteiger partial charge in [-0.05, 0) is 41.7 Å². The number of para-hydroxylation sites is 1. The number of nitrogens with zero attached hydrogens (tertiary/aromatic N) is 1. The molecule has 117 valence electrons. The summed E-state index contributed by atoms with van der Waals surface area (Å²) >= 11 is 1.62. The molecule has 22 heavy (non-hydrogen) atoms. The number of hydrogen-bond donors (Lipinski definition) is 1. The van der Waals surface area contributed by atoms with Crippen molar-refractivity contribution in [2.75, 3.05) is 0 Å². The smallest absolute Gasteiger partial charge is 0.128 e. The molecule has 3 aromatic rings. The summed E-state index contributed by atoms with van der Waals surface area (Å²) in [6, 6.07) is 13.9. The molecule has 4 heteroatoms. The molecule has 2 aromatic carbocycles. The van der Waals surface area contributed by atoms with Gasteiger partial charge in [-0.1, -0.05) is 39.0 Å². The second kappa shape index (κ2) is 6.49. The van der Waals surface area contributed by atoms with Crippen molar-refractivity contribution < 1.29 is 25.2 Å². The van der Waals surface area contributed by atoms with Gasteiger partial charge >= 0.3 is 0 Å². The Hall–Kier alpha value is -1.22. The van der Waals surface area contributed by atoms with Crippen LogP contribution in [0.2, 0.25) is 0 Å². The number of benzene rings is 2. The van der Waals surface area contributed by atoms with Crippen LogP contribution in [0.5, 0.6) is 5.75 Å². The van der Waals surface area contributed by atoms with Gasteiger partial charge in [-0.2, -0.15) is 0 Å². The fraction of sp³-hybridized carbons (Fsp3) is 0.278. The molecule has 1 aromatic heterocycles. The van der Waals surface area contributed by atoms with Crippen molar-refractivity contribution in [2.45, 2.75) is 27.2 Å². The molecule has 3 rings (SSSR count). The van der Waals surface area contributed by atoms with Gasteiger partial charge in [0, 0.05) is 20.1 Å². The predicted molar refractivity (Wildman–Crippen MR) is 89.9 cm³/mol. The molecule has 0 saturated heterocycles. The first kappa shape index (κ1) is 17.1. The zero-order valence-corrected chi connectivity index (χ0v) is 16.1. The fourth-order valence-corrected chi connectivity index (χ4v) is 3.45. The number of phenols is 1. The maximum Gasteiger partial charge on any atom is 0.128 e. The van der Waals surface area contributed by atoms with Crippen molar-refractivity contribution >= 4 is 21.6 Å². The maximum absolute atomic E-state index is 10.2. The molecule has 1 N–H and O–H groups in total. The first-order chi connectivity index (χ1) is 9.92. The summed E-state index contributed by atoms with van der Waals surface area (Å²) in [4.78, 5) is 4.64. The van der Waals surface area contributed by atoms with Gasteiger partial charge in [0.25, 0.3) is 0 Å². The van der Waals surface area contributed by atoms with E-state index in [0.717, 1.165) is 27.2 Å². The van der Waals surface area contributed by atoms with E-state index in [1.165, 1.54) is 5.56 Å². The van der Waals surface area contributed by atoms with Crippen molar-refractivity contribution in [3.8, 4) is 16.3 Å². The molecular formula is C18H19IrNOS. The molecule has 0 saturated carbocycles. The van der Waals surface area contributed by atoms with E-state index in [-0.39, 0.29) is 25.5 Å². The Balaban J connectivity index is 0.00000176. The van der Waals surface area contributed by atoms with Gasteiger partial charge in [0.2, 0.25) is 0 Å². The molecule has 0 amide bonds. The summed E-state index contributed by atoms with van der Waals surface area (Å²) < 4.78 is 1.15. The Morgan fingerprint density at radius 2 is 1.82 bits per heavy atom. The minimum absolute atomic E-state index is 0. The molecule has 2 nitrogen and oxygen atoms in total. The SMILES string of the molecule is CC(C)(C)Cc1ccc(O)c(-c2nc3ccccc3s2)c1.[Ir]. The monoisotopic (exact) mass is 490 g/mol. The average Bonchev–Trinajstić information content (AvgIpc) is 2.83. The van der Waals surface area contributed by atoms with E-state index < -0.39 is 0 Å². The molecule has 0 spiro atoms. The first-order valence-electron chi connectivity index (χ1n) is 7.10. The van der Waals surface area contributed by atoms with Crippen LogP contribution in [0.3, 0.4) is 0 Å². The number of aromatic hydroxyl groups is 1. The number of aromatic nitrogens is 1. The van der Waals surface area contributed by atoms with Crippen LogP contribution in [0.15, 0.2) is 42.5 Å². The normalized spacial score (nSPS) is 11.4. The summed E-state index contributed by atoms with van der Waals surface area (Å²) in [5.74, 6) is 0.298. The second-order valence-electron chi connectivity index (χ2n) is 6.58. The Labute approximate surface area is 148 Å². The minimum atomic E-state index is 0. The van der Waals surface area contributed by atoms with Gasteiger partial charge in [-0.15, -0.1) is 11.3 Å². The molecule has 0 aliphatic rings. The topological polar surface area (TPSA) is 33.1 Å². The Morgan fingerprint density at radius 1 is 1.09 bits per heavy atom.